The number of hydrogen-bond acceptors (Lipinski definition) is 5. The SMILES string of the molecule is CCOc1c(Br)cc(C=NNC(=O)CC(=O)Nc2ccc(C)cc2C)cc1OC. The minimum atomic E-state index is -0.513. The van der Waals surface area contributed by atoms with Gasteiger partial charge in [0.25, 0.3) is 0 Å². The van der Waals surface area contributed by atoms with Gasteiger partial charge in [0.1, 0.15) is 6.42 Å². The van der Waals surface area contributed by atoms with Gasteiger partial charge in [-0.1, -0.05) is 17.7 Å². The molecule has 0 aliphatic rings. The highest BCUT2D eigenvalue weighted by Gasteiger charge is 2.12. The van der Waals surface area contributed by atoms with Crippen molar-refractivity contribution < 1.29 is 19.1 Å². The number of carbonyl (C=O) groups is 2. The summed E-state index contributed by atoms with van der Waals surface area (Å²) >= 11 is 3.43. The Bertz CT molecular complexity index is 928. The second-order valence-corrected chi connectivity index (χ2v) is 7.16. The Kier molecular flexibility index (Phi) is 8.21. The van der Waals surface area contributed by atoms with Crippen LogP contribution in [0.1, 0.15) is 30.0 Å². The average Bonchev–Trinajstić information content (AvgIpc) is 2.66. The molecular weight excluding hydrogens is 438 g/mol. The summed E-state index contributed by atoms with van der Waals surface area (Å²) in [7, 11) is 1.54. The average molecular weight is 462 g/mol. The number of carbonyl (C=O) groups excluding carboxylic acids is 2. The van der Waals surface area contributed by atoms with Crippen LogP contribution in [-0.2, 0) is 9.59 Å². The lowest BCUT2D eigenvalue weighted by Crippen LogP contribution is -2.24. The standard InChI is InChI=1S/C21H24BrN3O4/c1-5-29-21-16(22)9-15(10-18(21)28-4)12-23-25-20(27)11-19(26)24-17-7-6-13(2)8-14(17)3/h6-10,12H,5,11H2,1-4H3,(H,24,26)(H,25,27). The van der Waals surface area contributed by atoms with Gasteiger partial charge in [0.2, 0.25) is 11.8 Å². The first-order valence-electron chi connectivity index (χ1n) is 9.03. The molecule has 0 fully saturated rings. The Balaban J connectivity index is 1.93. The molecule has 7 nitrogen and oxygen atoms in total. The van der Waals surface area contributed by atoms with E-state index in [-0.39, 0.29) is 6.42 Å². The Labute approximate surface area is 178 Å². The number of nitrogens with zero attached hydrogens (tertiary/aromatic N) is 1. The van der Waals surface area contributed by atoms with Gasteiger partial charge in [-0.3, -0.25) is 9.59 Å². The molecule has 29 heavy (non-hydrogen) atoms. The van der Waals surface area contributed by atoms with E-state index in [0.717, 1.165) is 11.1 Å². The number of halogens is 1. The monoisotopic (exact) mass is 461 g/mol. The molecule has 2 aromatic carbocycles. The van der Waals surface area contributed by atoms with Crippen molar-refractivity contribution >= 4 is 39.6 Å². The lowest BCUT2D eigenvalue weighted by Gasteiger charge is -2.12. The molecule has 0 spiro atoms. The number of ether oxygens (including phenoxy) is 2. The Morgan fingerprint density at radius 3 is 2.59 bits per heavy atom. The van der Waals surface area contributed by atoms with Gasteiger partial charge in [0, 0.05) is 5.69 Å². The molecule has 154 valence electrons. The summed E-state index contributed by atoms with van der Waals surface area (Å²) in [6.45, 7) is 6.26. The van der Waals surface area contributed by atoms with Crippen LogP contribution in [0.5, 0.6) is 11.5 Å². The van der Waals surface area contributed by atoms with E-state index in [9.17, 15) is 9.59 Å². The summed E-state index contributed by atoms with van der Waals surface area (Å²) in [5.74, 6) is 0.219. The first-order chi connectivity index (χ1) is 13.8. The van der Waals surface area contributed by atoms with Crippen LogP contribution < -0.4 is 20.2 Å². The largest absolute Gasteiger partial charge is 0.493 e. The first kappa shape index (κ1) is 22.4. The molecule has 0 heterocycles. The van der Waals surface area contributed by atoms with Gasteiger partial charge in [-0.2, -0.15) is 5.10 Å². The zero-order valence-corrected chi connectivity index (χ0v) is 18.4. The number of anilines is 1. The fourth-order valence-electron chi connectivity index (χ4n) is 2.61. The van der Waals surface area contributed by atoms with Crippen LogP contribution in [-0.4, -0.2) is 31.7 Å². The third kappa shape index (κ3) is 6.60. The summed E-state index contributed by atoms with van der Waals surface area (Å²) < 4.78 is 11.6. The molecule has 0 atom stereocenters. The highest BCUT2D eigenvalue weighted by Crippen LogP contribution is 2.36. The number of rotatable bonds is 8. The molecule has 2 aromatic rings. The number of nitrogens with one attached hydrogen (secondary N) is 2. The molecule has 2 rings (SSSR count). The second kappa shape index (κ2) is 10.6. The van der Waals surface area contributed by atoms with Crippen molar-refractivity contribution in [3.63, 3.8) is 0 Å². The van der Waals surface area contributed by atoms with Crippen molar-refractivity contribution in [2.24, 2.45) is 5.10 Å². The molecular formula is C21H24BrN3O4. The quantitative estimate of drug-likeness (QED) is 0.353. The topological polar surface area (TPSA) is 89.0 Å². The molecule has 0 aliphatic heterocycles. The van der Waals surface area contributed by atoms with Gasteiger partial charge in [0.15, 0.2) is 11.5 Å². The van der Waals surface area contributed by atoms with Crippen LogP contribution in [0.2, 0.25) is 0 Å². The normalized spacial score (nSPS) is 10.7. The van der Waals surface area contributed by atoms with Crippen molar-refractivity contribution in [3.8, 4) is 11.5 Å². The Hall–Kier alpha value is -2.87. The van der Waals surface area contributed by atoms with E-state index >= 15 is 0 Å². The molecule has 2 amide bonds. The highest BCUT2D eigenvalue weighted by molar-refractivity contribution is 9.10. The van der Waals surface area contributed by atoms with Gasteiger partial charge in [-0.15, -0.1) is 0 Å². The van der Waals surface area contributed by atoms with Gasteiger partial charge in [-0.05, 0) is 66.0 Å². The molecule has 0 saturated heterocycles. The Morgan fingerprint density at radius 1 is 1.17 bits per heavy atom. The van der Waals surface area contributed by atoms with Gasteiger partial charge < -0.3 is 14.8 Å². The van der Waals surface area contributed by atoms with E-state index in [1.54, 1.807) is 19.2 Å². The Morgan fingerprint density at radius 2 is 1.93 bits per heavy atom. The van der Waals surface area contributed by atoms with E-state index in [2.05, 4.69) is 31.8 Å². The maximum atomic E-state index is 12.1. The van der Waals surface area contributed by atoms with Crippen molar-refractivity contribution in [1.29, 1.82) is 0 Å². The fraction of sp³-hybridized carbons (Fsp3) is 0.286. The number of hydrazone groups is 1. The molecule has 0 bridgehead atoms. The van der Waals surface area contributed by atoms with Crippen molar-refractivity contribution in [1.82, 2.24) is 5.43 Å². The highest BCUT2D eigenvalue weighted by atomic mass is 79.9. The summed E-state index contributed by atoms with van der Waals surface area (Å²) in [5.41, 5.74) is 5.76. The zero-order chi connectivity index (χ0) is 21.4. The lowest BCUT2D eigenvalue weighted by atomic mass is 10.1. The summed E-state index contributed by atoms with van der Waals surface area (Å²) in [6.07, 6.45) is 1.13. The molecule has 0 saturated carbocycles. The van der Waals surface area contributed by atoms with Crippen LogP contribution in [0.15, 0.2) is 39.9 Å². The molecule has 0 unspecified atom stereocenters. The van der Waals surface area contributed by atoms with Crippen LogP contribution in [0, 0.1) is 13.8 Å². The van der Waals surface area contributed by atoms with E-state index in [1.165, 1.54) is 6.21 Å². The lowest BCUT2D eigenvalue weighted by molar-refractivity contribution is -0.126. The number of amides is 2. The smallest absolute Gasteiger partial charge is 0.249 e. The molecule has 8 heteroatoms. The van der Waals surface area contributed by atoms with Crippen molar-refractivity contribution in [2.45, 2.75) is 27.2 Å². The summed E-state index contributed by atoms with van der Waals surface area (Å²) in [4.78, 5) is 24.0. The summed E-state index contributed by atoms with van der Waals surface area (Å²) in [6, 6.07) is 9.20. The molecule has 2 N–H and O–H groups in total. The fourth-order valence-corrected chi connectivity index (χ4v) is 3.19. The van der Waals surface area contributed by atoms with Gasteiger partial charge in [-0.25, -0.2) is 5.43 Å². The van der Waals surface area contributed by atoms with Crippen LogP contribution in [0.4, 0.5) is 5.69 Å². The maximum absolute atomic E-state index is 12.1. The van der Waals surface area contributed by atoms with Crippen molar-refractivity contribution in [2.75, 3.05) is 19.0 Å². The maximum Gasteiger partial charge on any atom is 0.249 e. The molecule has 0 aliphatic carbocycles. The first-order valence-corrected chi connectivity index (χ1v) is 9.82. The number of benzene rings is 2. The predicted molar refractivity (Wildman–Crippen MR) is 117 cm³/mol. The van der Waals surface area contributed by atoms with Gasteiger partial charge >= 0.3 is 0 Å². The molecule has 0 radical (unpaired) electrons. The van der Waals surface area contributed by atoms with Crippen LogP contribution >= 0.6 is 15.9 Å². The minimum absolute atomic E-state index is 0.332. The van der Waals surface area contributed by atoms with Gasteiger partial charge in [0.05, 0.1) is 24.4 Å². The zero-order valence-electron chi connectivity index (χ0n) is 16.8. The summed E-state index contributed by atoms with van der Waals surface area (Å²) in [5, 5.41) is 6.63. The van der Waals surface area contributed by atoms with E-state index in [4.69, 9.17) is 9.47 Å². The minimum Gasteiger partial charge on any atom is -0.493 e. The van der Waals surface area contributed by atoms with E-state index in [1.807, 2.05) is 39.0 Å². The number of methoxy groups -OCH3 is 1. The van der Waals surface area contributed by atoms with E-state index < -0.39 is 11.8 Å². The van der Waals surface area contributed by atoms with E-state index in [0.29, 0.717) is 33.8 Å². The number of hydrogen-bond donors (Lipinski definition) is 2. The number of aryl methyl sites for hydroxylation is 2. The second-order valence-electron chi connectivity index (χ2n) is 6.30. The third-order valence-electron chi connectivity index (χ3n) is 3.92. The third-order valence-corrected chi connectivity index (χ3v) is 4.51. The van der Waals surface area contributed by atoms with Crippen LogP contribution in [0.3, 0.4) is 0 Å². The predicted octanol–water partition coefficient (Wildman–Crippen LogP) is 3.95. The molecule has 0 aromatic heterocycles. The van der Waals surface area contributed by atoms with Crippen molar-refractivity contribution in [3.05, 3.63) is 51.5 Å². The van der Waals surface area contributed by atoms with Crippen LogP contribution in [0.25, 0.3) is 0 Å².